The molecular weight excluding hydrogens is 264 g/mol. The molecule has 0 aromatic carbocycles. The highest BCUT2D eigenvalue weighted by atomic mass is 16.6. The molecule has 0 aliphatic rings. The molecular formula is C11H12N6O3. The zero-order valence-corrected chi connectivity index (χ0v) is 10.6. The molecule has 9 heteroatoms. The average molecular weight is 276 g/mol. The van der Waals surface area contributed by atoms with Crippen LogP contribution in [0.1, 0.15) is 16.2 Å². The first-order valence-corrected chi connectivity index (χ1v) is 5.63. The summed E-state index contributed by atoms with van der Waals surface area (Å²) in [5.74, 6) is 0.0644. The second-order valence-corrected chi connectivity index (χ2v) is 4.02. The zero-order chi connectivity index (χ0) is 14.7. The van der Waals surface area contributed by atoms with Crippen molar-refractivity contribution in [2.45, 2.75) is 6.54 Å². The summed E-state index contributed by atoms with van der Waals surface area (Å²) in [6.45, 7) is 0.154. The van der Waals surface area contributed by atoms with Crippen LogP contribution < -0.4 is 11.1 Å². The Kier molecular flexibility index (Phi) is 3.60. The fourth-order valence-corrected chi connectivity index (χ4v) is 1.61. The van der Waals surface area contributed by atoms with E-state index in [9.17, 15) is 14.9 Å². The fraction of sp³-hybridized carbons (Fsp3) is 0.182. The molecule has 0 fully saturated rings. The highest BCUT2D eigenvalue weighted by molar-refractivity contribution is 5.98. The number of imidazole rings is 1. The van der Waals surface area contributed by atoms with E-state index in [1.165, 1.54) is 6.07 Å². The number of amides is 1. The Bertz CT molecular complexity index is 666. The van der Waals surface area contributed by atoms with Crippen LogP contribution in [0.3, 0.4) is 0 Å². The van der Waals surface area contributed by atoms with E-state index in [1.807, 2.05) is 0 Å². The smallest absolute Gasteiger partial charge is 0.300 e. The molecule has 2 aromatic rings. The fourth-order valence-electron chi connectivity index (χ4n) is 1.61. The number of nitro groups is 1. The van der Waals surface area contributed by atoms with E-state index in [0.29, 0.717) is 5.82 Å². The molecule has 104 valence electrons. The van der Waals surface area contributed by atoms with Crippen molar-refractivity contribution in [1.82, 2.24) is 19.9 Å². The Hall–Kier alpha value is -2.97. The van der Waals surface area contributed by atoms with Gasteiger partial charge in [0.15, 0.2) is 0 Å². The van der Waals surface area contributed by atoms with Crippen molar-refractivity contribution in [2.24, 2.45) is 7.05 Å². The topological polar surface area (TPSA) is 129 Å². The van der Waals surface area contributed by atoms with E-state index in [-0.39, 0.29) is 17.9 Å². The van der Waals surface area contributed by atoms with Crippen LogP contribution in [0, 0.1) is 10.1 Å². The largest absolute Gasteiger partial charge is 0.384 e. The summed E-state index contributed by atoms with van der Waals surface area (Å²) >= 11 is 0. The van der Waals surface area contributed by atoms with Gasteiger partial charge in [0.1, 0.15) is 23.4 Å². The van der Waals surface area contributed by atoms with Gasteiger partial charge in [-0.15, -0.1) is 0 Å². The van der Waals surface area contributed by atoms with Gasteiger partial charge in [0, 0.05) is 19.4 Å². The molecule has 2 rings (SSSR count). The molecule has 1 amide bonds. The molecule has 0 atom stereocenters. The van der Waals surface area contributed by atoms with Crippen molar-refractivity contribution in [1.29, 1.82) is 0 Å². The number of nitrogens with one attached hydrogen (secondary N) is 1. The molecule has 2 heterocycles. The molecule has 20 heavy (non-hydrogen) atoms. The first kappa shape index (κ1) is 13.5. The summed E-state index contributed by atoms with van der Waals surface area (Å²) in [7, 11) is 1.78. The SMILES string of the molecule is Cn1ccnc1CNC(=O)c1cc(N)ncc1[N+](=O)[O-]. The van der Waals surface area contributed by atoms with Gasteiger partial charge in [-0.05, 0) is 6.07 Å². The lowest BCUT2D eigenvalue weighted by molar-refractivity contribution is -0.385. The van der Waals surface area contributed by atoms with Gasteiger partial charge >= 0.3 is 0 Å². The first-order chi connectivity index (χ1) is 9.49. The van der Waals surface area contributed by atoms with Gasteiger partial charge in [-0.25, -0.2) is 9.97 Å². The Morgan fingerprint density at radius 1 is 1.55 bits per heavy atom. The molecule has 0 aliphatic carbocycles. The molecule has 0 aliphatic heterocycles. The van der Waals surface area contributed by atoms with Crippen LogP contribution in [0.4, 0.5) is 11.5 Å². The lowest BCUT2D eigenvalue weighted by Gasteiger charge is -2.06. The summed E-state index contributed by atoms with van der Waals surface area (Å²) in [6.07, 6.45) is 4.29. The average Bonchev–Trinajstić information content (AvgIpc) is 2.81. The summed E-state index contributed by atoms with van der Waals surface area (Å²) in [4.78, 5) is 29.8. The molecule has 0 saturated carbocycles. The molecule has 3 N–H and O–H groups in total. The standard InChI is InChI=1S/C11H12N6O3/c1-16-3-2-13-10(16)6-15-11(18)7-4-9(12)14-5-8(7)17(19)20/h2-5H,6H2,1H3,(H2,12,14)(H,15,18). The Balaban J connectivity index is 2.19. The number of rotatable bonds is 4. The Morgan fingerprint density at radius 3 is 2.90 bits per heavy atom. The number of carbonyl (C=O) groups is 1. The number of hydrogen-bond acceptors (Lipinski definition) is 6. The normalized spacial score (nSPS) is 10.2. The number of pyridine rings is 1. The van der Waals surface area contributed by atoms with E-state index in [1.54, 1.807) is 24.0 Å². The molecule has 0 radical (unpaired) electrons. The van der Waals surface area contributed by atoms with Crippen molar-refractivity contribution >= 4 is 17.4 Å². The predicted molar refractivity (Wildman–Crippen MR) is 69.7 cm³/mol. The zero-order valence-electron chi connectivity index (χ0n) is 10.6. The number of nitrogens with zero attached hydrogens (tertiary/aromatic N) is 4. The van der Waals surface area contributed by atoms with Crippen molar-refractivity contribution in [2.75, 3.05) is 5.73 Å². The maximum absolute atomic E-state index is 12.0. The summed E-state index contributed by atoms with van der Waals surface area (Å²) in [5.41, 5.74) is 4.93. The minimum atomic E-state index is -0.678. The number of nitrogen functional groups attached to an aromatic ring is 1. The third-order valence-corrected chi connectivity index (χ3v) is 2.67. The van der Waals surface area contributed by atoms with Crippen LogP contribution in [-0.2, 0) is 13.6 Å². The van der Waals surface area contributed by atoms with Gasteiger partial charge in [0.05, 0.1) is 11.5 Å². The van der Waals surface area contributed by atoms with Crippen LogP contribution in [0.15, 0.2) is 24.7 Å². The number of hydrogen-bond donors (Lipinski definition) is 2. The van der Waals surface area contributed by atoms with Crippen LogP contribution in [0.2, 0.25) is 0 Å². The van der Waals surface area contributed by atoms with Crippen LogP contribution >= 0.6 is 0 Å². The van der Waals surface area contributed by atoms with E-state index in [4.69, 9.17) is 5.73 Å². The molecule has 0 spiro atoms. The highest BCUT2D eigenvalue weighted by Crippen LogP contribution is 2.18. The maximum Gasteiger partial charge on any atom is 0.300 e. The number of nitrogens with two attached hydrogens (primary N) is 1. The molecule has 0 bridgehead atoms. The molecule has 0 saturated heterocycles. The number of anilines is 1. The maximum atomic E-state index is 12.0. The highest BCUT2D eigenvalue weighted by Gasteiger charge is 2.21. The van der Waals surface area contributed by atoms with Crippen molar-refractivity contribution in [3.05, 3.63) is 46.2 Å². The van der Waals surface area contributed by atoms with Gasteiger partial charge in [-0.3, -0.25) is 14.9 Å². The number of carbonyl (C=O) groups excluding carboxylic acids is 1. The molecule has 9 nitrogen and oxygen atoms in total. The van der Waals surface area contributed by atoms with E-state index in [2.05, 4.69) is 15.3 Å². The summed E-state index contributed by atoms with van der Waals surface area (Å²) in [6, 6.07) is 1.17. The van der Waals surface area contributed by atoms with E-state index < -0.39 is 16.5 Å². The monoisotopic (exact) mass is 276 g/mol. The molecule has 0 unspecified atom stereocenters. The molecule has 2 aromatic heterocycles. The number of aryl methyl sites for hydroxylation is 1. The Labute approximate surface area is 113 Å². The Morgan fingerprint density at radius 2 is 2.30 bits per heavy atom. The van der Waals surface area contributed by atoms with Gasteiger partial charge in [0.2, 0.25) is 0 Å². The first-order valence-electron chi connectivity index (χ1n) is 5.63. The second kappa shape index (κ2) is 5.34. The van der Waals surface area contributed by atoms with Crippen LogP contribution in [-0.4, -0.2) is 25.4 Å². The lowest BCUT2D eigenvalue weighted by Crippen LogP contribution is -2.25. The summed E-state index contributed by atoms with van der Waals surface area (Å²) in [5, 5.41) is 13.4. The van der Waals surface area contributed by atoms with Gasteiger partial charge in [-0.1, -0.05) is 0 Å². The second-order valence-electron chi connectivity index (χ2n) is 4.02. The van der Waals surface area contributed by atoms with Gasteiger partial charge < -0.3 is 15.6 Å². The van der Waals surface area contributed by atoms with Crippen LogP contribution in [0.25, 0.3) is 0 Å². The quantitative estimate of drug-likeness (QED) is 0.607. The summed E-state index contributed by atoms with van der Waals surface area (Å²) < 4.78 is 1.73. The number of aromatic nitrogens is 3. The van der Waals surface area contributed by atoms with Crippen molar-refractivity contribution in [3.8, 4) is 0 Å². The predicted octanol–water partition coefficient (Wildman–Crippen LogP) is 0.235. The van der Waals surface area contributed by atoms with E-state index in [0.717, 1.165) is 6.20 Å². The van der Waals surface area contributed by atoms with Crippen molar-refractivity contribution < 1.29 is 9.72 Å². The lowest BCUT2D eigenvalue weighted by atomic mass is 10.2. The minimum Gasteiger partial charge on any atom is -0.384 e. The minimum absolute atomic E-state index is 0.0396. The van der Waals surface area contributed by atoms with Crippen LogP contribution in [0.5, 0.6) is 0 Å². The third-order valence-electron chi connectivity index (χ3n) is 2.67. The van der Waals surface area contributed by atoms with E-state index >= 15 is 0 Å². The van der Waals surface area contributed by atoms with Gasteiger partial charge in [-0.2, -0.15) is 0 Å². The van der Waals surface area contributed by atoms with Gasteiger partial charge in [0.25, 0.3) is 11.6 Å². The third kappa shape index (κ3) is 2.71. The van der Waals surface area contributed by atoms with Crippen molar-refractivity contribution in [3.63, 3.8) is 0 Å².